The van der Waals surface area contributed by atoms with Crippen LogP contribution in [-0.2, 0) is 4.79 Å². The lowest BCUT2D eigenvalue weighted by Gasteiger charge is -2.14. The summed E-state index contributed by atoms with van der Waals surface area (Å²) in [6, 6.07) is 0.307. The average Bonchev–Trinajstić information content (AvgIpc) is 2.31. The lowest BCUT2D eigenvalue weighted by Crippen LogP contribution is -2.34. The molecule has 64 valence electrons. The van der Waals surface area contributed by atoms with Gasteiger partial charge in [-0.05, 0) is 18.8 Å². The third-order valence-corrected chi connectivity index (χ3v) is 2.33. The van der Waals surface area contributed by atoms with Crippen LogP contribution in [0.3, 0.4) is 0 Å². The van der Waals surface area contributed by atoms with E-state index in [2.05, 4.69) is 5.32 Å². The summed E-state index contributed by atoms with van der Waals surface area (Å²) in [6.07, 6.45) is 3.50. The molecule has 2 atom stereocenters. The molecule has 1 aliphatic rings. The van der Waals surface area contributed by atoms with Crippen molar-refractivity contribution in [3.8, 4) is 0 Å². The lowest BCUT2D eigenvalue weighted by molar-refractivity contribution is -0.119. The summed E-state index contributed by atoms with van der Waals surface area (Å²) in [5, 5.41) is 2.80. The van der Waals surface area contributed by atoms with Crippen molar-refractivity contribution in [2.45, 2.75) is 32.2 Å². The minimum Gasteiger partial charge on any atom is -0.356 e. The van der Waals surface area contributed by atoms with E-state index in [-0.39, 0.29) is 5.91 Å². The molecule has 1 fully saturated rings. The fourth-order valence-corrected chi connectivity index (χ4v) is 1.59. The van der Waals surface area contributed by atoms with Crippen LogP contribution in [0, 0.1) is 5.92 Å². The number of nitrogens with two attached hydrogens (primary N) is 1. The fourth-order valence-electron chi connectivity index (χ4n) is 1.59. The Morgan fingerprint density at radius 2 is 2.36 bits per heavy atom. The van der Waals surface area contributed by atoms with Crippen LogP contribution < -0.4 is 11.1 Å². The molecule has 1 aliphatic carbocycles. The number of amides is 1. The number of hydrogen-bond acceptors (Lipinski definition) is 2. The molecule has 0 aromatic heterocycles. The largest absolute Gasteiger partial charge is 0.356 e. The second-order valence-electron chi connectivity index (χ2n) is 3.29. The average molecular weight is 156 g/mol. The Labute approximate surface area is 67.3 Å². The standard InChI is InChI=1S/C8H16N2O/c1-6(11)10-5-7-3-2-4-8(7)9/h7-8H,2-5,9H2,1H3,(H,10,11). The van der Waals surface area contributed by atoms with E-state index in [0.29, 0.717) is 12.0 Å². The van der Waals surface area contributed by atoms with Crippen LogP contribution in [0.15, 0.2) is 0 Å². The summed E-state index contributed by atoms with van der Waals surface area (Å²) in [5.41, 5.74) is 5.81. The zero-order valence-corrected chi connectivity index (χ0v) is 6.97. The molecule has 3 nitrogen and oxygen atoms in total. The predicted molar refractivity (Wildman–Crippen MR) is 44.0 cm³/mol. The van der Waals surface area contributed by atoms with Gasteiger partial charge in [0.05, 0.1) is 0 Å². The van der Waals surface area contributed by atoms with Gasteiger partial charge in [0, 0.05) is 19.5 Å². The Morgan fingerprint density at radius 3 is 2.82 bits per heavy atom. The van der Waals surface area contributed by atoms with E-state index in [1.165, 1.54) is 12.8 Å². The molecular weight excluding hydrogens is 140 g/mol. The zero-order chi connectivity index (χ0) is 8.27. The highest BCUT2D eigenvalue weighted by Crippen LogP contribution is 2.22. The van der Waals surface area contributed by atoms with Crippen molar-refractivity contribution >= 4 is 5.91 Å². The van der Waals surface area contributed by atoms with Crippen LogP contribution in [0.2, 0.25) is 0 Å². The van der Waals surface area contributed by atoms with Gasteiger partial charge >= 0.3 is 0 Å². The van der Waals surface area contributed by atoms with Gasteiger partial charge in [0.25, 0.3) is 0 Å². The number of hydrogen-bond donors (Lipinski definition) is 2. The second-order valence-corrected chi connectivity index (χ2v) is 3.29. The normalized spacial score (nSPS) is 30.4. The van der Waals surface area contributed by atoms with Gasteiger partial charge < -0.3 is 11.1 Å². The third kappa shape index (κ3) is 2.50. The van der Waals surface area contributed by atoms with E-state index in [9.17, 15) is 4.79 Å². The van der Waals surface area contributed by atoms with Crippen molar-refractivity contribution in [1.29, 1.82) is 0 Å². The molecule has 3 heteroatoms. The Balaban J connectivity index is 2.20. The van der Waals surface area contributed by atoms with Crippen molar-refractivity contribution in [3.05, 3.63) is 0 Å². The summed E-state index contributed by atoms with van der Waals surface area (Å²) in [6.45, 7) is 2.30. The number of carbonyl (C=O) groups excluding carboxylic acids is 1. The molecule has 11 heavy (non-hydrogen) atoms. The van der Waals surface area contributed by atoms with E-state index >= 15 is 0 Å². The van der Waals surface area contributed by atoms with Gasteiger partial charge in [-0.15, -0.1) is 0 Å². The first kappa shape index (κ1) is 8.53. The highest BCUT2D eigenvalue weighted by Gasteiger charge is 2.23. The van der Waals surface area contributed by atoms with Crippen LogP contribution in [0.1, 0.15) is 26.2 Å². The first-order valence-corrected chi connectivity index (χ1v) is 4.20. The molecule has 0 aliphatic heterocycles. The van der Waals surface area contributed by atoms with E-state index in [4.69, 9.17) is 5.73 Å². The molecule has 0 heterocycles. The first-order chi connectivity index (χ1) is 5.20. The van der Waals surface area contributed by atoms with Gasteiger partial charge in [-0.2, -0.15) is 0 Å². The summed E-state index contributed by atoms with van der Waals surface area (Å²) < 4.78 is 0. The van der Waals surface area contributed by atoms with Gasteiger partial charge in [-0.25, -0.2) is 0 Å². The second kappa shape index (κ2) is 3.72. The Hall–Kier alpha value is -0.570. The van der Waals surface area contributed by atoms with Crippen molar-refractivity contribution in [1.82, 2.24) is 5.32 Å². The van der Waals surface area contributed by atoms with Crippen LogP contribution >= 0.6 is 0 Å². The zero-order valence-electron chi connectivity index (χ0n) is 6.97. The monoisotopic (exact) mass is 156 g/mol. The SMILES string of the molecule is CC(=O)NCC1CCCC1N. The van der Waals surface area contributed by atoms with Crippen LogP contribution in [0.25, 0.3) is 0 Å². The Kier molecular flexibility index (Phi) is 2.88. The third-order valence-electron chi connectivity index (χ3n) is 2.33. The summed E-state index contributed by atoms with van der Waals surface area (Å²) in [5.74, 6) is 0.558. The van der Waals surface area contributed by atoms with Gasteiger partial charge in [0.15, 0.2) is 0 Å². The number of rotatable bonds is 2. The van der Waals surface area contributed by atoms with Gasteiger partial charge in [0.1, 0.15) is 0 Å². The fraction of sp³-hybridized carbons (Fsp3) is 0.875. The molecular formula is C8H16N2O. The highest BCUT2D eigenvalue weighted by molar-refractivity contribution is 5.72. The smallest absolute Gasteiger partial charge is 0.216 e. The molecule has 0 radical (unpaired) electrons. The van der Waals surface area contributed by atoms with E-state index in [0.717, 1.165) is 13.0 Å². The molecule has 1 amide bonds. The molecule has 1 rings (SSSR count). The van der Waals surface area contributed by atoms with Crippen LogP contribution in [0.4, 0.5) is 0 Å². The molecule has 0 bridgehead atoms. The maximum absolute atomic E-state index is 10.6. The molecule has 1 saturated carbocycles. The van der Waals surface area contributed by atoms with Crippen molar-refractivity contribution < 1.29 is 4.79 Å². The summed E-state index contributed by atoms with van der Waals surface area (Å²) >= 11 is 0. The highest BCUT2D eigenvalue weighted by atomic mass is 16.1. The van der Waals surface area contributed by atoms with Gasteiger partial charge in [0.2, 0.25) is 5.91 Å². The molecule has 0 aromatic carbocycles. The van der Waals surface area contributed by atoms with Gasteiger partial charge in [-0.3, -0.25) is 4.79 Å². The summed E-state index contributed by atoms with van der Waals surface area (Å²) in [7, 11) is 0. The minimum absolute atomic E-state index is 0.0455. The van der Waals surface area contributed by atoms with Crippen molar-refractivity contribution in [2.75, 3.05) is 6.54 Å². The lowest BCUT2D eigenvalue weighted by atomic mass is 10.1. The van der Waals surface area contributed by atoms with E-state index < -0.39 is 0 Å². The number of nitrogens with one attached hydrogen (secondary N) is 1. The van der Waals surface area contributed by atoms with Crippen LogP contribution in [0.5, 0.6) is 0 Å². The van der Waals surface area contributed by atoms with Crippen LogP contribution in [-0.4, -0.2) is 18.5 Å². The Bertz CT molecular complexity index is 147. The Morgan fingerprint density at radius 1 is 1.64 bits per heavy atom. The van der Waals surface area contributed by atoms with Crippen molar-refractivity contribution in [3.63, 3.8) is 0 Å². The molecule has 0 saturated heterocycles. The number of carbonyl (C=O) groups is 1. The van der Waals surface area contributed by atoms with Gasteiger partial charge in [-0.1, -0.05) is 6.42 Å². The first-order valence-electron chi connectivity index (χ1n) is 4.20. The maximum Gasteiger partial charge on any atom is 0.216 e. The van der Waals surface area contributed by atoms with Crippen molar-refractivity contribution in [2.24, 2.45) is 11.7 Å². The topological polar surface area (TPSA) is 55.1 Å². The maximum atomic E-state index is 10.6. The molecule has 2 unspecified atom stereocenters. The molecule has 3 N–H and O–H groups in total. The van der Waals surface area contributed by atoms with E-state index in [1.807, 2.05) is 0 Å². The quantitative estimate of drug-likeness (QED) is 0.602. The predicted octanol–water partition coefficient (Wildman–Crippen LogP) is 0.250. The molecule has 0 spiro atoms. The summed E-state index contributed by atoms with van der Waals surface area (Å²) in [4.78, 5) is 10.6. The minimum atomic E-state index is 0.0455. The van der Waals surface area contributed by atoms with E-state index in [1.54, 1.807) is 6.92 Å². The molecule has 0 aromatic rings.